The van der Waals surface area contributed by atoms with E-state index < -0.39 is 10.2 Å². The molecule has 0 aromatic carbocycles. The van der Waals surface area contributed by atoms with Crippen molar-refractivity contribution in [1.82, 2.24) is 13.9 Å². The van der Waals surface area contributed by atoms with E-state index in [0.29, 0.717) is 13.1 Å². The number of nitrogens with zero attached hydrogens (tertiary/aromatic N) is 3. The molecule has 2 heterocycles. The molecule has 1 unspecified atom stereocenters. The molecule has 0 aromatic rings. The summed E-state index contributed by atoms with van der Waals surface area (Å²) < 4.78 is 26.8. The first kappa shape index (κ1) is 11.2. The number of nitrogens with one attached hydrogen (secondary N) is 1. The second-order valence-electron chi connectivity index (χ2n) is 3.90. The molecule has 0 aromatic heterocycles. The lowest BCUT2D eigenvalue weighted by molar-refractivity contribution is 0.288. The number of nitriles is 1. The zero-order valence-corrected chi connectivity index (χ0v) is 9.65. The number of rotatable bonds is 2. The van der Waals surface area contributed by atoms with E-state index in [2.05, 4.69) is 11.4 Å². The van der Waals surface area contributed by atoms with Crippen LogP contribution in [0.25, 0.3) is 0 Å². The summed E-state index contributed by atoms with van der Waals surface area (Å²) in [4.78, 5) is 0. The number of hydrogen-bond acceptors (Lipinski definition) is 4. The van der Waals surface area contributed by atoms with Gasteiger partial charge in [-0.05, 0) is 12.8 Å². The Balaban J connectivity index is 2.11. The third kappa shape index (κ3) is 1.99. The Hall–Kier alpha value is -1.26. The first-order valence-corrected chi connectivity index (χ1v) is 6.61. The highest BCUT2D eigenvalue weighted by atomic mass is 32.2. The average Bonchev–Trinajstić information content (AvgIpc) is 2.83. The summed E-state index contributed by atoms with van der Waals surface area (Å²) in [7, 11) is -3.44. The molecule has 0 radical (unpaired) electrons. The topological polar surface area (TPSA) is 76.4 Å². The standard InChI is InChI=1S/C9H14N4O2S/c10-6-9-2-1-4-12(7-9)16(14,15)13-5-3-11-8-13/h3,5,9,11H,1-2,4,7-8H2. The zero-order valence-electron chi connectivity index (χ0n) is 8.83. The Bertz CT molecular complexity index is 425. The van der Waals surface area contributed by atoms with Crippen LogP contribution in [0.4, 0.5) is 0 Å². The Morgan fingerprint density at radius 3 is 2.94 bits per heavy atom. The normalized spacial score (nSPS) is 26.4. The Labute approximate surface area is 95.3 Å². The molecule has 16 heavy (non-hydrogen) atoms. The molecule has 0 spiro atoms. The maximum absolute atomic E-state index is 12.1. The summed E-state index contributed by atoms with van der Waals surface area (Å²) in [6.07, 6.45) is 4.65. The van der Waals surface area contributed by atoms with Gasteiger partial charge in [0.25, 0.3) is 0 Å². The first-order valence-electron chi connectivity index (χ1n) is 5.21. The van der Waals surface area contributed by atoms with E-state index in [-0.39, 0.29) is 12.6 Å². The molecule has 1 atom stereocenters. The maximum atomic E-state index is 12.1. The van der Waals surface area contributed by atoms with Crippen molar-refractivity contribution in [3.63, 3.8) is 0 Å². The van der Waals surface area contributed by atoms with Crippen LogP contribution in [0, 0.1) is 17.2 Å². The van der Waals surface area contributed by atoms with Crippen LogP contribution in [-0.4, -0.2) is 36.8 Å². The maximum Gasteiger partial charge on any atom is 0.305 e. The van der Waals surface area contributed by atoms with Gasteiger partial charge in [-0.15, -0.1) is 0 Å². The summed E-state index contributed by atoms with van der Waals surface area (Å²) >= 11 is 0. The van der Waals surface area contributed by atoms with Gasteiger partial charge in [-0.3, -0.25) is 0 Å². The molecule has 2 aliphatic rings. The van der Waals surface area contributed by atoms with Crippen LogP contribution in [0.3, 0.4) is 0 Å². The van der Waals surface area contributed by atoms with E-state index in [4.69, 9.17) is 5.26 Å². The summed E-state index contributed by atoms with van der Waals surface area (Å²) in [6, 6.07) is 2.14. The summed E-state index contributed by atoms with van der Waals surface area (Å²) in [5.74, 6) is -0.178. The van der Waals surface area contributed by atoms with Crippen LogP contribution in [-0.2, 0) is 10.2 Å². The molecule has 6 nitrogen and oxygen atoms in total. The minimum Gasteiger partial charge on any atom is -0.372 e. The lowest BCUT2D eigenvalue weighted by atomic mass is 10.0. The minimum atomic E-state index is -3.44. The van der Waals surface area contributed by atoms with Gasteiger partial charge >= 0.3 is 10.2 Å². The van der Waals surface area contributed by atoms with Crippen molar-refractivity contribution in [3.05, 3.63) is 12.4 Å². The Morgan fingerprint density at radius 1 is 1.50 bits per heavy atom. The fourth-order valence-corrected chi connectivity index (χ4v) is 3.37. The third-order valence-electron chi connectivity index (χ3n) is 2.80. The predicted molar refractivity (Wildman–Crippen MR) is 57.8 cm³/mol. The number of hydrogen-bond donors (Lipinski definition) is 1. The smallest absolute Gasteiger partial charge is 0.305 e. The molecule has 1 fully saturated rings. The fraction of sp³-hybridized carbons (Fsp3) is 0.667. The van der Waals surface area contributed by atoms with E-state index in [1.54, 1.807) is 6.20 Å². The molecular weight excluding hydrogens is 228 g/mol. The van der Waals surface area contributed by atoms with Crippen molar-refractivity contribution in [3.8, 4) is 6.07 Å². The van der Waals surface area contributed by atoms with Gasteiger partial charge in [-0.25, -0.2) is 4.31 Å². The monoisotopic (exact) mass is 242 g/mol. The lowest BCUT2D eigenvalue weighted by Gasteiger charge is -2.31. The highest BCUT2D eigenvalue weighted by Gasteiger charge is 2.32. The molecular formula is C9H14N4O2S. The summed E-state index contributed by atoms with van der Waals surface area (Å²) in [5, 5.41) is 11.6. The van der Waals surface area contributed by atoms with Crippen molar-refractivity contribution in [2.24, 2.45) is 5.92 Å². The van der Waals surface area contributed by atoms with E-state index in [0.717, 1.165) is 12.8 Å². The van der Waals surface area contributed by atoms with Gasteiger partial charge in [-0.2, -0.15) is 18.0 Å². The Morgan fingerprint density at radius 2 is 2.31 bits per heavy atom. The van der Waals surface area contributed by atoms with Gasteiger partial charge in [0.05, 0.1) is 12.0 Å². The van der Waals surface area contributed by atoms with Crippen molar-refractivity contribution in [2.75, 3.05) is 19.8 Å². The summed E-state index contributed by atoms with van der Waals surface area (Å²) in [6.45, 7) is 1.09. The van der Waals surface area contributed by atoms with Crippen molar-refractivity contribution in [1.29, 1.82) is 5.26 Å². The molecule has 1 saturated heterocycles. The van der Waals surface area contributed by atoms with Crippen molar-refractivity contribution < 1.29 is 8.42 Å². The van der Waals surface area contributed by atoms with E-state index >= 15 is 0 Å². The zero-order chi connectivity index (χ0) is 11.6. The van der Waals surface area contributed by atoms with Crippen LogP contribution < -0.4 is 5.32 Å². The van der Waals surface area contributed by atoms with Gasteiger partial charge in [-0.1, -0.05) is 0 Å². The largest absolute Gasteiger partial charge is 0.372 e. The van der Waals surface area contributed by atoms with Crippen LogP contribution >= 0.6 is 0 Å². The molecule has 0 aliphatic carbocycles. The van der Waals surface area contributed by atoms with Gasteiger partial charge < -0.3 is 5.32 Å². The SMILES string of the molecule is N#CC1CCCN(S(=O)(=O)N2C=CNC2)C1. The molecule has 1 N–H and O–H groups in total. The molecule has 2 aliphatic heterocycles. The quantitative estimate of drug-likeness (QED) is 0.727. The average molecular weight is 242 g/mol. The molecule has 88 valence electrons. The molecule has 7 heteroatoms. The number of piperidine rings is 1. The van der Waals surface area contributed by atoms with Crippen molar-refractivity contribution in [2.45, 2.75) is 12.8 Å². The highest BCUT2D eigenvalue weighted by Crippen LogP contribution is 2.21. The molecule has 0 bridgehead atoms. The second kappa shape index (κ2) is 4.31. The fourth-order valence-electron chi connectivity index (χ4n) is 1.90. The van der Waals surface area contributed by atoms with Gasteiger partial charge in [0.15, 0.2) is 0 Å². The van der Waals surface area contributed by atoms with E-state index in [1.165, 1.54) is 14.8 Å². The second-order valence-corrected chi connectivity index (χ2v) is 5.78. The molecule has 0 saturated carbocycles. The Kier molecular flexibility index (Phi) is 3.03. The van der Waals surface area contributed by atoms with Crippen LogP contribution in [0.15, 0.2) is 12.4 Å². The van der Waals surface area contributed by atoms with E-state index in [1.807, 2.05) is 0 Å². The van der Waals surface area contributed by atoms with Crippen molar-refractivity contribution >= 4 is 10.2 Å². The first-order chi connectivity index (χ1) is 7.64. The highest BCUT2D eigenvalue weighted by molar-refractivity contribution is 7.86. The minimum absolute atomic E-state index is 0.178. The molecule has 2 rings (SSSR count). The third-order valence-corrected chi connectivity index (χ3v) is 4.62. The molecule has 0 amide bonds. The van der Waals surface area contributed by atoms with Crippen LogP contribution in [0.5, 0.6) is 0 Å². The van der Waals surface area contributed by atoms with Gasteiger partial charge in [0.2, 0.25) is 0 Å². The van der Waals surface area contributed by atoms with Gasteiger partial charge in [0, 0.05) is 25.5 Å². The van der Waals surface area contributed by atoms with E-state index in [9.17, 15) is 8.42 Å². The summed E-state index contributed by atoms with van der Waals surface area (Å²) in [5.41, 5.74) is 0. The lowest BCUT2D eigenvalue weighted by Crippen LogP contribution is -2.46. The predicted octanol–water partition coefficient (Wildman–Crippen LogP) is -0.199. The van der Waals surface area contributed by atoms with Crippen LogP contribution in [0.2, 0.25) is 0 Å². The van der Waals surface area contributed by atoms with Crippen LogP contribution in [0.1, 0.15) is 12.8 Å². The van der Waals surface area contributed by atoms with Gasteiger partial charge in [0.1, 0.15) is 6.67 Å².